The molecule has 13 heteroatoms. The normalized spacial score (nSPS) is 18.8. The summed E-state index contributed by atoms with van der Waals surface area (Å²) in [6.45, 7) is 3.52. The molecule has 0 aromatic rings. The highest BCUT2D eigenvalue weighted by atomic mass is 32.3. The molecule has 0 aromatic heterocycles. The van der Waals surface area contributed by atoms with Crippen molar-refractivity contribution in [3.63, 3.8) is 0 Å². The van der Waals surface area contributed by atoms with Crippen LogP contribution in [0.2, 0.25) is 0 Å². The third-order valence-corrected chi connectivity index (χ3v) is 16.8. The van der Waals surface area contributed by atoms with Gasteiger partial charge in [-0.15, -0.1) is 0 Å². The number of carbonyl (C=O) groups is 1. The van der Waals surface area contributed by atoms with Crippen LogP contribution in [0, 0.1) is 0 Å². The lowest BCUT2D eigenvalue weighted by Crippen LogP contribution is -2.61. The Morgan fingerprint density at radius 3 is 1.15 bits per heavy atom. The fourth-order valence-electron chi connectivity index (χ4n) is 11.2. The van der Waals surface area contributed by atoms with Gasteiger partial charge in [0.1, 0.15) is 24.4 Å². The summed E-state index contributed by atoms with van der Waals surface area (Å²) in [5.74, 6) is -0.222. The number of carbonyl (C=O) groups excluding carboxylic acids is 1. The summed E-state index contributed by atoms with van der Waals surface area (Å²) in [6, 6.07) is -0.856. The molecule has 0 aliphatic carbocycles. The Hall–Kier alpha value is -1.16. The Morgan fingerprint density at radius 2 is 0.821 bits per heavy atom. The largest absolute Gasteiger partial charge is 0.397 e. The van der Waals surface area contributed by atoms with Crippen LogP contribution in [0.3, 0.4) is 0 Å². The number of ether oxygens (including phenoxy) is 2. The zero-order valence-electron chi connectivity index (χ0n) is 50.8. The van der Waals surface area contributed by atoms with E-state index in [1.807, 2.05) is 0 Å². The number of aliphatic hydroxyl groups is 4. The molecular weight excluding hydrogens is 1000 g/mol. The van der Waals surface area contributed by atoms with E-state index in [0.717, 1.165) is 51.4 Å². The molecule has 1 heterocycles. The number of allylic oxidation sites excluding steroid dienone is 2. The van der Waals surface area contributed by atoms with E-state index in [-0.39, 0.29) is 12.5 Å². The number of amides is 1. The van der Waals surface area contributed by atoms with E-state index in [4.69, 9.17) is 9.47 Å². The molecule has 12 nitrogen and oxygen atoms in total. The van der Waals surface area contributed by atoms with Gasteiger partial charge in [-0.25, -0.2) is 4.18 Å². The van der Waals surface area contributed by atoms with Crippen molar-refractivity contribution in [2.24, 2.45) is 0 Å². The van der Waals surface area contributed by atoms with Crippen molar-refractivity contribution in [3.05, 3.63) is 12.2 Å². The first-order chi connectivity index (χ1) is 38.0. The van der Waals surface area contributed by atoms with E-state index in [9.17, 15) is 38.2 Å². The quantitative estimate of drug-likeness (QED) is 0.0193. The Morgan fingerprint density at radius 1 is 0.500 bits per heavy atom. The number of rotatable bonds is 60. The molecule has 0 radical (unpaired) electrons. The second kappa shape index (κ2) is 55.1. The average molecular weight is 1130 g/mol. The Balaban J connectivity index is 2.23. The smallest absolute Gasteiger partial charge is 0.394 e. The van der Waals surface area contributed by atoms with Crippen LogP contribution in [0.15, 0.2) is 12.2 Å². The Labute approximate surface area is 480 Å². The number of hydrogen-bond donors (Lipinski definition) is 6. The van der Waals surface area contributed by atoms with Gasteiger partial charge in [-0.3, -0.25) is 9.35 Å². The van der Waals surface area contributed by atoms with Gasteiger partial charge in [0.05, 0.1) is 25.4 Å². The summed E-state index contributed by atoms with van der Waals surface area (Å²) in [6.07, 6.45) is 59.5. The molecule has 1 rings (SSSR count). The zero-order valence-corrected chi connectivity index (χ0v) is 51.6. The number of aliphatic hydroxyl groups excluding tert-OH is 4. The van der Waals surface area contributed by atoms with Crippen LogP contribution in [-0.2, 0) is 28.9 Å². The first kappa shape index (κ1) is 74.9. The number of nitrogens with one attached hydrogen (secondary N) is 1. The summed E-state index contributed by atoms with van der Waals surface area (Å²) in [4.78, 5) is 13.2. The van der Waals surface area contributed by atoms with E-state index in [1.165, 1.54) is 263 Å². The maximum atomic E-state index is 13.2. The third-order valence-electron chi connectivity index (χ3n) is 16.3. The summed E-state index contributed by atoms with van der Waals surface area (Å²) < 4.78 is 48.1. The Kier molecular flexibility index (Phi) is 52.8. The Bertz CT molecular complexity index is 1420. The standard InChI is InChI=1S/C65H127NO11S/c1-3-5-7-9-11-13-15-17-19-21-23-25-26-27-28-29-30-31-32-33-34-35-37-39-41-43-45-47-49-51-53-55-61(69)66-58(57-75-65-63(71)64(77-78(72,73)74)62(70)60(56-67)76-65)59(68)54-52-50-48-46-44-42-40-38-36-24-22-20-18-16-14-12-10-8-6-4-2/h27-28,58-60,62-65,67-68,70-71H,3-26,29-57H2,1-2H3,(H,66,69)(H,72,73,74)/b28-27-. The van der Waals surface area contributed by atoms with E-state index in [1.54, 1.807) is 0 Å². The van der Waals surface area contributed by atoms with Crippen molar-refractivity contribution < 1.29 is 51.8 Å². The maximum Gasteiger partial charge on any atom is 0.397 e. The summed E-state index contributed by atoms with van der Waals surface area (Å²) in [7, 11) is -5.08. The summed E-state index contributed by atoms with van der Waals surface area (Å²) in [5.41, 5.74) is 0. The average Bonchev–Trinajstić information content (AvgIpc) is 3.45. The molecule has 78 heavy (non-hydrogen) atoms. The van der Waals surface area contributed by atoms with Crippen LogP contribution in [0.5, 0.6) is 0 Å². The minimum Gasteiger partial charge on any atom is -0.394 e. The number of unbranched alkanes of at least 4 members (excludes halogenated alkanes) is 46. The summed E-state index contributed by atoms with van der Waals surface area (Å²) in [5, 5.41) is 45.3. The van der Waals surface area contributed by atoms with Gasteiger partial charge in [-0.05, 0) is 38.5 Å². The molecule has 0 aromatic carbocycles. The van der Waals surface area contributed by atoms with Gasteiger partial charge in [0.25, 0.3) is 0 Å². The SMILES string of the molecule is CCCCCCCCCCCCCC/C=C\CCCCCCCCCCCCCCCCCC(=O)NC(COC1OC(CO)C(O)C(OS(=O)(=O)O)C1O)C(O)CCCCCCCCCCCCCCCCCCCCCC. The molecule has 1 fully saturated rings. The molecule has 0 saturated carbocycles. The van der Waals surface area contributed by atoms with Crippen molar-refractivity contribution in [1.29, 1.82) is 0 Å². The molecule has 464 valence electrons. The first-order valence-electron chi connectivity index (χ1n) is 33.6. The van der Waals surface area contributed by atoms with Gasteiger partial charge >= 0.3 is 10.4 Å². The molecule has 1 aliphatic rings. The second-order valence-electron chi connectivity index (χ2n) is 23.8. The third kappa shape index (κ3) is 46.3. The lowest BCUT2D eigenvalue weighted by Gasteiger charge is -2.41. The maximum absolute atomic E-state index is 13.2. The predicted molar refractivity (Wildman–Crippen MR) is 324 cm³/mol. The molecule has 7 atom stereocenters. The fourth-order valence-corrected chi connectivity index (χ4v) is 11.7. The predicted octanol–water partition coefficient (Wildman–Crippen LogP) is 17.0. The molecule has 1 aliphatic heterocycles. The van der Waals surface area contributed by atoms with Crippen molar-refractivity contribution in [2.45, 2.75) is 384 Å². The van der Waals surface area contributed by atoms with Crippen LogP contribution in [0.1, 0.15) is 341 Å². The van der Waals surface area contributed by atoms with E-state index >= 15 is 0 Å². The van der Waals surface area contributed by atoms with E-state index in [2.05, 4.69) is 35.5 Å². The van der Waals surface area contributed by atoms with E-state index in [0.29, 0.717) is 12.8 Å². The molecule has 1 amide bonds. The van der Waals surface area contributed by atoms with Gasteiger partial charge in [-0.1, -0.05) is 309 Å². The molecule has 1 saturated heterocycles. The highest BCUT2D eigenvalue weighted by Crippen LogP contribution is 2.27. The first-order valence-corrected chi connectivity index (χ1v) is 34.9. The van der Waals surface area contributed by atoms with Gasteiger partial charge < -0.3 is 35.2 Å². The van der Waals surface area contributed by atoms with E-state index < -0.39 is 59.9 Å². The van der Waals surface area contributed by atoms with Gasteiger partial charge in [-0.2, -0.15) is 8.42 Å². The molecule has 7 unspecified atom stereocenters. The van der Waals surface area contributed by atoms with Crippen LogP contribution < -0.4 is 5.32 Å². The van der Waals surface area contributed by atoms with Crippen LogP contribution >= 0.6 is 0 Å². The molecule has 0 spiro atoms. The highest BCUT2D eigenvalue weighted by molar-refractivity contribution is 7.80. The van der Waals surface area contributed by atoms with Gasteiger partial charge in [0.15, 0.2) is 6.29 Å². The lowest BCUT2D eigenvalue weighted by molar-refractivity contribution is -0.298. The van der Waals surface area contributed by atoms with Crippen LogP contribution in [-0.4, -0.2) is 95.4 Å². The minimum absolute atomic E-state index is 0.222. The van der Waals surface area contributed by atoms with Crippen LogP contribution in [0.25, 0.3) is 0 Å². The molecule has 0 bridgehead atoms. The lowest BCUT2D eigenvalue weighted by atomic mass is 9.99. The van der Waals surface area contributed by atoms with Gasteiger partial charge in [0.2, 0.25) is 5.91 Å². The van der Waals surface area contributed by atoms with Crippen LogP contribution in [0.4, 0.5) is 0 Å². The molecule has 6 N–H and O–H groups in total. The molecular formula is C65H127NO11S. The highest BCUT2D eigenvalue weighted by Gasteiger charge is 2.48. The van der Waals surface area contributed by atoms with Crippen molar-refractivity contribution >= 4 is 16.3 Å². The minimum atomic E-state index is -5.08. The zero-order chi connectivity index (χ0) is 56.8. The second-order valence-corrected chi connectivity index (χ2v) is 24.8. The fraction of sp³-hybridized carbons (Fsp3) is 0.954. The van der Waals surface area contributed by atoms with Crippen molar-refractivity contribution in [3.8, 4) is 0 Å². The number of hydrogen-bond acceptors (Lipinski definition) is 10. The van der Waals surface area contributed by atoms with Gasteiger partial charge in [0, 0.05) is 6.42 Å². The van der Waals surface area contributed by atoms with Crippen molar-refractivity contribution in [2.75, 3.05) is 13.2 Å². The monoisotopic (exact) mass is 1130 g/mol. The van der Waals surface area contributed by atoms with Crippen molar-refractivity contribution in [1.82, 2.24) is 5.32 Å². The summed E-state index contributed by atoms with van der Waals surface area (Å²) >= 11 is 0. The topological polar surface area (TPSA) is 192 Å².